The third-order valence-corrected chi connectivity index (χ3v) is 1.82. The van der Waals surface area contributed by atoms with Gasteiger partial charge < -0.3 is 20.5 Å². The summed E-state index contributed by atoms with van der Waals surface area (Å²) in [4.78, 5) is 10.5. The minimum Gasteiger partial charge on any atom is -0.389 e. The predicted molar refractivity (Wildman–Crippen MR) is 63.2 cm³/mol. The minimum atomic E-state index is -0.490. The molecular weight excluding hydrogens is 208 g/mol. The van der Waals surface area contributed by atoms with Crippen LogP contribution in [0.25, 0.3) is 0 Å². The number of ether oxygens (including phenoxy) is 1. The normalized spacial score (nSPS) is 12.8. The third kappa shape index (κ3) is 11.4. The zero-order valence-electron chi connectivity index (χ0n) is 10.5. The molecule has 0 spiro atoms. The SMILES string of the molecule is CC(=O)NCCNCC(O)COCC(C)C. The molecule has 1 atom stereocenters. The number of carbonyl (C=O) groups is 1. The number of aliphatic hydroxyl groups is 1. The first-order valence-electron chi connectivity index (χ1n) is 5.73. The lowest BCUT2D eigenvalue weighted by Gasteiger charge is -2.13. The van der Waals surface area contributed by atoms with Crippen LogP contribution in [0.1, 0.15) is 20.8 Å². The second kappa shape index (κ2) is 9.57. The highest BCUT2D eigenvalue weighted by molar-refractivity contribution is 5.72. The molecule has 96 valence electrons. The average Bonchev–Trinajstić information content (AvgIpc) is 2.16. The van der Waals surface area contributed by atoms with E-state index in [4.69, 9.17) is 4.74 Å². The van der Waals surface area contributed by atoms with E-state index in [1.54, 1.807) is 0 Å². The number of hydrogen-bond donors (Lipinski definition) is 3. The van der Waals surface area contributed by atoms with E-state index in [9.17, 15) is 9.90 Å². The predicted octanol–water partition coefficient (Wildman–Crippen LogP) is -0.254. The van der Waals surface area contributed by atoms with E-state index in [-0.39, 0.29) is 5.91 Å². The third-order valence-electron chi connectivity index (χ3n) is 1.82. The lowest BCUT2D eigenvalue weighted by molar-refractivity contribution is -0.118. The molecule has 0 aliphatic rings. The van der Waals surface area contributed by atoms with Crippen molar-refractivity contribution in [3.05, 3.63) is 0 Å². The zero-order chi connectivity index (χ0) is 12.4. The van der Waals surface area contributed by atoms with E-state index >= 15 is 0 Å². The van der Waals surface area contributed by atoms with Gasteiger partial charge in [-0.3, -0.25) is 4.79 Å². The second-order valence-corrected chi connectivity index (χ2v) is 4.27. The summed E-state index contributed by atoms with van der Waals surface area (Å²) in [5, 5.41) is 15.2. The molecule has 0 heterocycles. The van der Waals surface area contributed by atoms with Crippen LogP contribution >= 0.6 is 0 Å². The number of hydrogen-bond acceptors (Lipinski definition) is 4. The number of carbonyl (C=O) groups excluding carboxylic acids is 1. The van der Waals surface area contributed by atoms with Gasteiger partial charge in [-0.2, -0.15) is 0 Å². The quantitative estimate of drug-likeness (QED) is 0.479. The monoisotopic (exact) mass is 232 g/mol. The number of rotatable bonds is 9. The van der Waals surface area contributed by atoms with Crippen LogP contribution in [0, 0.1) is 5.92 Å². The molecule has 0 bridgehead atoms. The molecule has 0 saturated carbocycles. The Labute approximate surface area is 97.6 Å². The Hall–Kier alpha value is -0.650. The van der Waals surface area contributed by atoms with Crippen molar-refractivity contribution in [3.8, 4) is 0 Å². The van der Waals surface area contributed by atoms with Gasteiger partial charge in [-0.1, -0.05) is 13.8 Å². The van der Waals surface area contributed by atoms with Crippen LogP contribution in [0.15, 0.2) is 0 Å². The largest absolute Gasteiger partial charge is 0.389 e. The summed E-state index contributed by atoms with van der Waals surface area (Å²) in [6, 6.07) is 0. The lowest BCUT2D eigenvalue weighted by Crippen LogP contribution is -2.36. The molecule has 5 nitrogen and oxygen atoms in total. The summed E-state index contributed by atoms with van der Waals surface area (Å²) in [6.45, 7) is 8.35. The van der Waals surface area contributed by atoms with Gasteiger partial charge in [0.25, 0.3) is 0 Å². The minimum absolute atomic E-state index is 0.0392. The molecule has 0 aromatic heterocycles. The van der Waals surface area contributed by atoms with E-state index in [2.05, 4.69) is 24.5 Å². The van der Waals surface area contributed by atoms with Crippen molar-refractivity contribution >= 4 is 5.91 Å². The molecule has 0 aliphatic heterocycles. The summed E-state index contributed by atoms with van der Waals surface area (Å²) in [6.07, 6.45) is -0.490. The molecule has 1 unspecified atom stereocenters. The van der Waals surface area contributed by atoms with Gasteiger partial charge in [0.15, 0.2) is 0 Å². The Bertz CT molecular complexity index is 186. The summed E-state index contributed by atoms with van der Waals surface area (Å²) in [5.41, 5.74) is 0. The second-order valence-electron chi connectivity index (χ2n) is 4.27. The van der Waals surface area contributed by atoms with Crippen molar-refractivity contribution < 1.29 is 14.6 Å². The number of aliphatic hydroxyl groups excluding tert-OH is 1. The van der Waals surface area contributed by atoms with Gasteiger partial charge in [0, 0.05) is 33.2 Å². The van der Waals surface area contributed by atoms with Gasteiger partial charge in [-0.05, 0) is 5.92 Å². The smallest absolute Gasteiger partial charge is 0.216 e. The van der Waals surface area contributed by atoms with Crippen molar-refractivity contribution in [1.29, 1.82) is 0 Å². The molecular formula is C11H24N2O3. The Morgan fingerprint density at radius 3 is 2.56 bits per heavy atom. The van der Waals surface area contributed by atoms with Crippen LogP contribution in [0.4, 0.5) is 0 Å². The fourth-order valence-corrected chi connectivity index (χ4v) is 1.09. The van der Waals surface area contributed by atoms with Crippen molar-refractivity contribution in [1.82, 2.24) is 10.6 Å². The van der Waals surface area contributed by atoms with Gasteiger partial charge in [0.1, 0.15) is 0 Å². The summed E-state index contributed by atoms with van der Waals surface area (Å²) in [5.74, 6) is 0.447. The molecule has 0 aromatic rings. The number of nitrogens with one attached hydrogen (secondary N) is 2. The molecule has 0 radical (unpaired) electrons. The van der Waals surface area contributed by atoms with Crippen LogP contribution in [-0.2, 0) is 9.53 Å². The van der Waals surface area contributed by atoms with Gasteiger partial charge in [-0.15, -0.1) is 0 Å². The van der Waals surface area contributed by atoms with Gasteiger partial charge in [-0.25, -0.2) is 0 Å². The number of amides is 1. The Balaban J connectivity index is 3.23. The van der Waals surface area contributed by atoms with E-state index < -0.39 is 6.10 Å². The molecule has 0 aromatic carbocycles. The standard InChI is InChI=1S/C11H24N2O3/c1-9(2)7-16-8-11(15)6-12-4-5-13-10(3)14/h9,11-12,15H,4-8H2,1-3H3,(H,13,14). The Morgan fingerprint density at radius 2 is 2.00 bits per heavy atom. The summed E-state index contributed by atoms with van der Waals surface area (Å²) < 4.78 is 5.29. The summed E-state index contributed by atoms with van der Waals surface area (Å²) >= 11 is 0. The fraction of sp³-hybridized carbons (Fsp3) is 0.909. The molecule has 0 rings (SSSR count). The van der Waals surface area contributed by atoms with Crippen molar-refractivity contribution in [2.45, 2.75) is 26.9 Å². The molecule has 16 heavy (non-hydrogen) atoms. The first-order chi connectivity index (χ1) is 7.52. The first-order valence-corrected chi connectivity index (χ1v) is 5.73. The molecule has 0 saturated heterocycles. The van der Waals surface area contributed by atoms with Crippen LogP contribution < -0.4 is 10.6 Å². The van der Waals surface area contributed by atoms with Crippen molar-refractivity contribution in [3.63, 3.8) is 0 Å². The summed E-state index contributed by atoms with van der Waals surface area (Å²) in [7, 11) is 0. The molecule has 0 fully saturated rings. The van der Waals surface area contributed by atoms with Crippen LogP contribution in [0.2, 0.25) is 0 Å². The lowest BCUT2D eigenvalue weighted by atomic mass is 10.2. The Morgan fingerprint density at radius 1 is 1.31 bits per heavy atom. The Kier molecular flexibility index (Phi) is 9.18. The maximum absolute atomic E-state index is 10.5. The van der Waals surface area contributed by atoms with Crippen molar-refractivity contribution in [2.24, 2.45) is 5.92 Å². The van der Waals surface area contributed by atoms with E-state index in [1.807, 2.05) is 0 Å². The maximum Gasteiger partial charge on any atom is 0.216 e. The van der Waals surface area contributed by atoms with Gasteiger partial charge >= 0.3 is 0 Å². The fourth-order valence-electron chi connectivity index (χ4n) is 1.09. The van der Waals surface area contributed by atoms with Crippen LogP contribution in [0.3, 0.4) is 0 Å². The highest BCUT2D eigenvalue weighted by Crippen LogP contribution is 1.93. The van der Waals surface area contributed by atoms with E-state index in [1.165, 1.54) is 6.92 Å². The zero-order valence-corrected chi connectivity index (χ0v) is 10.5. The molecule has 5 heteroatoms. The molecule has 0 aliphatic carbocycles. The maximum atomic E-state index is 10.5. The topological polar surface area (TPSA) is 70.6 Å². The van der Waals surface area contributed by atoms with Gasteiger partial charge in [0.2, 0.25) is 5.91 Å². The van der Waals surface area contributed by atoms with E-state index in [0.717, 1.165) is 0 Å². The highest BCUT2D eigenvalue weighted by atomic mass is 16.5. The molecule has 1 amide bonds. The van der Waals surface area contributed by atoms with Crippen LogP contribution in [-0.4, -0.2) is 50.0 Å². The average molecular weight is 232 g/mol. The van der Waals surface area contributed by atoms with Crippen LogP contribution in [0.5, 0.6) is 0 Å². The first kappa shape index (κ1) is 15.3. The highest BCUT2D eigenvalue weighted by Gasteiger charge is 2.04. The van der Waals surface area contributed by atoms with E-state index in [0.29, 0.717) is 38.8 Å². The molecule has 3 N–H and O–H groups in total. The van der Waals surface area contributed by atoms with Gasteiger partial charge in [0.05, 0.1) is 12.7 Å². The van der Waals surface area contributed by atoms with Crippen molar-refractivity contribution in [2.75, 3.05) is 32.8 Å².